The molecule has 0 radical (unpaired) electrons. The fourth-order valence-corrected chi connectivity index (χ4v) is 1.58. The lowest BCUT2D eigenvalue weighted by Crippen LogP contribution is -1.82. The Balaban J connectivity index is 2.63. The van der Waals surface area contributed by atoms with Crippen molar-refractivity contribution in [3.63, 3.8) is 0 Å². The Hall–Kier alpha value is -1.22. The highest BCUT2D eigenvalue weighted by atomic mass is 32.2. The SMILES string of the molecule is CC(=O)SCC=Cc1cc(C)ccc1O. The molecule has 15 heavy (non-hydrogen) atoms. The molecule has 0 aliphatic rings. The Morgan fingerprint density at radius 2 is 2.27 bits per heavy atom. The van der Waals surface area contributed by atoms with Gasteiger partial charge in [-0.05, 0) is 19.1 Å². The first-order chi connectivity index (χ1) is 7.09. The van der Waals surface area contributed by atoms with Crippen LogP contribution in [0.2, 0.25) is 0 Å². The summed E-state index contributed by atoms with van der Waals surface area (Å²) in [5.41, 5.74) is 1.89. The van der Waals surface area contributed by atoms with Gasteiger partial charge in [0, 0.05) is 18.2 Å². The molecule has 1 aromatic carbocycles. The van der Waals surface area contributed by atoms with Gasteiger partial charge in [-0.2, -0.15) is 0 Å². The molecule has 0 spiro atoms. The summed E-state index contributed by atoms with van der Waals surface area (Å²) in [5, 5.41) is 9.62. The number of benzene rings is 1. The van der Waals surface area contributed by atoms with Crippen LogP contribution >= 0.6 is 11.8 Å². The number of hydrogen-bond acceptors (Lipinski definition) is 3. The van der Waals surface area contributed by atoms with Crippen molar-refractivity contribution in [2.24, 2.45) is 0 Å². The van der Waals surface area contributed by atoms with Crippen molar-refractivity contribution in [2.45, 2.75) is 13.8 Å². The predicted molar refractivity (Wildman–Crippen MR) is 65.0 cm³/mol. The second-order valence-electron chi connectivity index (χ2n) is 3.27. The zero-order chi connectivity index (χ0) is 11.3. The fraction of sp³-hybridized carbons (Fsp3) is 0.250. The first kappa shape index (κ1) is 11.9. The van der Waals surface area contributed by atoms with E-state index in [2.05, 4.69) is 0 Å². The number of carbonyl (C=O) groups is 1. The molecule has 2 nitrogen and oxygen atoms in total. The summed E-state index contributed by atoms with van der Waals surface area (Å²) in [7, 11) is 0. The third-order valence-electron chi connectivity index (χ3n) is 1.86. The zero-order valence-corrected chi connectivity index (χ0v) is 9.67. The van der Waals surface area contributed by atoms with E-state index in [0.717, 1.165) is 11.1 Å². The van der Waals surface area contributed by atoms with Crippen molar-refractivity contribution in [1.82, 2.24) is 0 Å². The highest BCUT2D eigenvalue weighted by molar-refractivity contribution is 8.13. The molecule has 0 atom stereocenters. The van der Waals surface area contributed by atoms with Crippen molar-refractivity contribution < 1.29 is 9.90 Å². The molecule has 80 valence electrons. The van der Waals surface area contributed by atoms with Crippen LogP contribution in [0.4, 0.5) is 0 Å². The summed E-state index contributed by atoms with van der Waals surface area (Å²) < 4.78 is 0. The van der Waals surface area contributed by atoms with Gasteiger partial charge in [-0.1, -0.05) is 35.5 Å². The molecule has 1 aromatic rings. The zero-order valence-electron chi connectivity index (χ0n) is 8.86. The molecular formula is C12H14O2S. The third kappa shape index (κ3) is 4.21. The van der Waals surface area contributed by atoms with Crippen LogP contribution in [0.5, 0.6) is 5.75 Å². The van der Waals surface area contributed by atoms with Gasteiger partial charge in [-0.3, -0.25) is 4.79 Å². The summed E-state index contributed by atoms with van der Waals surface area (Å²) in [6, 6.07) is 5.44. The van der Waals surface area contributed by atoms with E-state index in [1.807, 2.05) is 31.2 Å². The van der Waals surface area contributed by atoms with Gasteiger partial charge in [0.25, 0.3) is 0 Å². The number of aryl methyl sites for hydroxylation is 1. The molecule has 0 saturated carbocycles. The number of rotatable bonds is 3. The molecule has 0 aliphatic heterocycles. The Bertz CT molecular complexity index is 383. The molecule has 1 rings (SSSR count). The van der Waals surface area contributed by atoms with Crippen LogP contribution in [-0.4, -0.2) is 16.0 Å². The summed E-state index contributed by atoms with van der Waals surface area (Å²) in [6.45, 7) is 3.52. The van der Waals surface area contributed by atoms with E-state index in [9.17, 15) is 9.90 Å². The maximum atomic E-state index is 10.7. The van der Waals surface area contributed by atoms with E-state index < -0.39 is 0 Å². The number of phenolic OH excluding ortho intramolecular Hbond substituents is 1. The number of thioether (sulfide) groups is 1. The van der Waals surface area contributed by atoms with E-state index in [1.165, 1.54) is 11.8 Å². The summed E-state index contributed by atoms with van der Waals surface area (Å²) in [5.74, 6) is 0.910. The Morgan fingerprint density at radius 3 is 2.93 bits per heavy atom. The normalized spacial score (nSPS) is 10.8. The van der Waals surface area contributed by atoms with Crippen LogP contribution in [0.1, 0.15) is 18.1 Å². The first-order valence-corrected chi connectivity index (χ1v) is 5.67. The Labute approximate surface area is 94.0 Å². The quantitative estimate of drug-likeness (QED) is 0.854. The van der Waals surface area contributed by atoms with Crippen LogP contribution in [0, 0.1) is 6.92 Å². The molecule has 0 aromatic heterocycles. The minimum atomic E-state index is 0.105. The van der Waals surface area contributed by atoms with Gasteiger partial charge in [0.1, 0.15) is 5.75 Å². The van der Waals surface area contributed by atoms with Gasteiger partial charge in [0.2, 0.25) is 0 Å². The fourth-order valence-electron chi connectivity index (χ4n) is 1.15. The van der Waals surface area contributed by atoms with Gasteiger partial charge in [0.05, 0.1) is 0 Å². The molecule has 0 unspecified atom stereocenters. The summed E-state index contributed by atoms with van der Waals surface area (Å²) in [4.78, 5) is 10.7. The summed E-state index contributed by atoms with van der Waals surface area (Å²) >= 11 is 1.25. The van der Waals surface area contributed by atoms with Crippen LogP contribution in [0.3, 0.4) is 0 Å². The molecule has 0 bridgehead atoms. The molecule has 1 N–H and O–H groups in total. The average molecular weight is 222 g/mol. The molecule has 0 amide bonds. The largest absolute Gasteiger partial charge is 0.507 e. The number of hydrogen-bond donors (Lipinski definition) is 1. The van der Waals surface area contributed by atoms with E-state index in [4.69, 9.17) is 0 Å². The maximum absolute atomic E-state index is 10.7. The Morgan fingerprint density at radius 1 is 1.53 bits per heavy atom. The third-order valence-corrected chi connectivity index (χ3v) is 2.63. The van der Waals surface area contributed by atoms with E-state index in [1.54, 1.807) is 13.0 Å². The van der Waals surface area contributed by atoms with Gasteiger partial charge in [-0.15, -0.1) is 0 Å². The van der Waals surface area contributed by atoms with Gasteiger partial charge in [0.15, 0.2) is 5.12 Å². The highest BCUT2D eigenvalue weighted by Crippen LogP contribution is 2.19. The maximum Gasteiger partial charge on any atom is 0.186 e. The molecular weight excluding hydrogens is 208 g/mol. The lowest BCUT2D eigenvalue weighted by Gasteiger charge is -2.00. The summed E-state index contributed by atoms with van der Waals surface area (Å²) in [6.07, 6.45) is 3.71. The average Bonchev–Trinajstić information content (AvgIpc) is 2.17. The van der Waals surface area contributed by atoms with Crippen LogP contribution in [0.25, 0.3) is 6.08 Å². The highest BCUT2D eigenvalue weighted by Gasteiger charge is 1.96. The molecule has 3 heteroatoms. The minimum absolute atomic E-state index is 0.105. The number of aromatic hydroxyl groups is 1. The van der Waals surface area contributed by atoms with E-state index in [-0.39, 0.29) is 10.9 Å². The second-order valence-corrected chi connectivity index (χ2v) is 4.46. The van der Waals surface area contributed by atoms with Crippen LogP contribution in [0.15, 0.2) is 24.3 Å². The van der Waals surface area contributed by atoms with Crippen molar-refractivity contribution in [2.75, 3.05) is 5.75 Å². The molecule has 0 saturated heterocycles. The molecule has 0 fully saturated rings. The molecule has 0 heterocycles. The first-order valence-electron chi connectivity index (χ1n) is 4.69. The van der Waals surface area contributed by atoms with Crippen molar-refractivity contribution in [3.8, 4) is 5.75 Å². The predicted octanol–water partition coefficient (Wildman–Crippen LogP) is 2.99. The monoisotopic (exact) mass is 222 g/mol. The topological polar surface area (TPSA) is 37.3 Å². The number of carbonyl (C=O) groups excluding carboxylic acids is 1. The van der Waals surface area contributed by atoms with Crippen LogP contribution < -0.4 is 0 Å². The lowest BCUT2D eigenvalue weighted by atomic mass is 10.1. The van der Waals surface area contributed by atoms with Gasteiger partial charge >= 0.3 is 0 Å². The van der Waals surface area contributed by atoms with Crippen LogP contribution in [-0.2, 0) is 4.79 Å². The second kappa shape index (κ2) is 5.61. The standard InChI is InChI=1S/C12H14O2S/c1-9-5-6-12(14)11(8-9)4-3-7-15-10(2)13/h3-6,8,14H,7H2,1-2H3. The van der Waals surface area contributed by atoms with E-state index in [0.29, 0.717) is 5.75 Å². The van der Waals surface area contributed by atoms with Gasteiger partial charge < -0.3 is 5.11 Å². The van der Waals surface area contributed by atoms with Crippen molar-refractivity contribution in [3.05, 3.63) is 35.4 Å². The number of phenols is 1. The Kier molecular flexibility index (Phi) is 4.43. The minimum Gasteiger partial charge on any atom is -0.507 e. The van der Waals surface area contributed by atoms with Crippen molar-refractivity contribution in [1.29, 1.82) is 0 Å². The van der Waals surface area contributed by atoms with Crippen molar-refractivity contribution >= 4 is 23.0 Å². The smallest absolute Gasteiger partial charge is 0.186 e. The van der Waals surface area contributed by atoms with E-state index >= 15 is 0 Å². The lowest BCUT2D eigenvalue weighted by molar-refractivity contribution is -0.109. The van der Waals surface area contributed by atoms with Gasteiger partial charge in [-0.25, -0.2) is 0 Å². The molecule has 0 aliphatic carbocycles.